The van der Waals surface area contributed by atoms with Gasteiger partial charge in [0.05, 0.1) is 6.10 Å². The molecule has 1 aliphatic carbocycles. The lowest BCUT2D eigenvalue weighted by molar-refractivity contribution is 0.303. The minimum absolute atomic E-state index is 0.102. The van der Waals surface area contributed by atoms with Crippen molar-refractivity contribution >= 4 is 11.8 Å². The summed E-state index contributed by atoms with van der Waals surface area (Å²) >= 11 is 1.90. The quantitative estimate of drug-likeness (QED) is 0.842. The van der Waals surface area contributed by atoms with Crippen molar-refractivity contribution in [1.29, 1.82) is 0 Å². The molecule has 94 valence electrons. The maximum Gasteiger partial charge on any atom is 0.120 e. The average molecular weight is 251 g/mol. The van der Waals surface area contributed by atoms with Crippen LogP contribution in [0.15, 0.2) is 24.3 Å². The molecule has 1 aliphatic rings. The van der Waals surface area contributed by atoms with Crippen molar-refractivity contribution in [2.24, 2.45) is 5.73 Å². The van der Waals surface area contributed by atoms with Crippen molar-refractivity contribution in [3.8, 4) is 5.75 Å². The molecular weight excluding hydrogens is 230 g/mol. The van der Waals surface area contributed by atoms with Crippen molar-refractivity contribution in [3.63, 3.8) is 0 Å². The number of nitrogens with two attached hydrogens (primary N) is 1. The second-order valence-corrected chi connectivity index (χ2v) is 6.49. The molecule has 0 saturated heterocycles. The highest BCUT2D eigenvalue weighted by Gasteiger charge is 2.23. The Morgan fingerprint density at radius 2 is 2.18 bits per heavy atom. The third-order valence-corrected chi connectivity index (χ3v) is 3.94. The molecule has 1 fully saturated rings. The molecule has 3 heteroatoms. The Labute approximate surface area is 108 Å². The lowest BCUT2D eigenvalue weighted by atomic mass is 10.1. The molecule has 2 N–H and O–H groups in total. The molecule has 0 heterocycles. The Morgan fingerprint density at radius 1 is 1.41 bits per heavy atom. The molecule has 1 atom stereocenters. The largest absolute Gasteiger partial charge is 0.490 e. The van der Waals surface area contributed by atoms with E-state index in [0.717, 1.165) is 11.5 Å². The molecule has 1 unspecified atom stereocenters. The van der Waals surface area contributed by atoms with Gasteiger partial charge in [0.1, 0.15) is 5.75 Å². The van der Waals surface area contributed by atoms with Gasteiger partial charge in [-0.15, -0.1) is 0 Å². The first-order valence-corrected chi connectivity index (χ1v) is 7.34. The van der Waals surface area contributed by atoms with Gasteiger partial charge in [-0.25, -0.2) is 0 Å². The van der Waals surface area contributed by atoms with Crippen LogP contribution in [0.25, 0.3) is 0 Å². The van der Waals surface area contributed by atoms with Crippen LogP contribution in [-0.2, 0) is 0 Å². The van der Waals surface area contributed by atoms with E-state index < -0.39 is 0 Å². The molecule has 0 radical (unpaired) electrons. The molecule has 2 nitrogen and oxygen atoms in total. The summed E-state index contributed by atoms with van der Waals surface area (Å²) in [5, 5.41) is 0.631. The molecule has 0 spiro atoms. The first-order valence-electron chi connectivity index (χ1n) is 6.29. The predicted molar refractivity (Wildman–Crippen MR) is 74.6 cm³/mol. The Balaban J connectivity index is 1.93. The van der Waals surface area contributed by atoms with Crippen molar-refractivity contribution < 1.29 is 4.74 Å². The van der Waals surface area contributed by atoms with Crippen LogP contribution in [-0.4, -0.2) is 17.1 Å². The van der Waals surface area contributed by atoms with E-state index in [4.69, 9.17) is 10.5 Å². The molecular formula is C14H21NOS. The number of hydrogen-bond acceptors (Lipinski definition) is 3. The van der Waals surface area contributed by atoms with Crippen molar-refractivity contribution in [2.75, 3.05) is 5.75 Å². The van der Waals surface area contributed by atoms with Crippen LogP contribution in [0.1, 0.15) is 38.3 Å². The summed E-state index contributed by atoms with van der Waals surface area (Å²) in [5.74, 6) is 1.93. The number of thioether (sulfide) groups is 1. The van der Waals surface area contributed by atoms with Gasteiger partial charge in [-0.1, -0.05) is 26.0 Å². The smallest absolute Gasteiger partial charge is 0.120 e. The molecule has 0 bridgehead atoms. The summed E-state index contributed by atoms with van der Waals surface area (Å²) in [5.41, 5.74) is 7.36. The minimum atomic E-state index is 0.102. The fourth-order valence-corrected chi connectivity index (χ4v) is 2.37. The number of ether oxygens (including phenoxy) is 1. The fraction of sp³-hybridized carbons (Fsp3) is 0.571. The van der Waals surface area contributed by atoms with E-state index in [9.17, 15) is 0 Å². The van der Waals surface area contributed by atoms with Crippen LogP contribution in [0.2, 0.25) is 0 Å². The number of benzene rings is 1. The third kappa shape index (κ3) is 4.25. The van der Waals surface area contributed by atoms with Crippen molar-refractivity contribution in [3.05, 3.63) is 29.8 Å². The first-order chi connectivity index (χ1) is 8.15. The average Bonchev–Trinajstić information content (AvgIpc) is 3.10. The summed E-state index contributed by atoms with van der Waals surface area (Å²) in [6.45, 7) is 4.40. The zero-order chi connectivity index (χ0) is 12.3. The van der Waals surface area contributed by atoms with E-state index in [-0.39, 0.29) is 6.04 Å². The molecule has 0 amide bonds. The maximum atomic E-state index is 6.18. The van der Waals surface area contributed by atoms with Gasteiger partial charge in [0, 0.05) is 11.8 Å². The molecule has 1 saturated carbocycles. The van der Waals surface area contributed by atoms with E-state index >= 15 is 0 Å². The van der Waals surface area contributed by atoms with Crippen LogP contribution in [0, 0.1) is 0 Å². The Morgan fingerprint density at radius 3 is 2.82 bits per heavy atom. The minimum Gasteiger partial charge on any atom is -0.490 e. The lowest BCUT2D eigenvalue weighted by Crippen LogP contribution is -2.14. The maximum absolute atomic E-state index is 6.18. The van der Waals surface area contributed by atoms with Crippen LogP contribution < -0.4 is 10.5 Å². The second kappa shape index (κ2) is 5.78. The summed E-state index contributed by atoms with van der Waals surface area (Å²) in [6, 6.07) is 8.33. The van der Waals surface area contributed by atoms with Crippen LogP contribution in [0.5, 0.6) is 5.75 Å². The second-order valence-electron chi connectivity index (χ2n) is 4.88. The predicted octanol–water partition coefficient (Wildman–Crippen LogP) is 3.37. The Kier molecular flexibility index (Phi) is 4.35. The zero-order valence-electron chi connectivity index (χ0n) is 10.6. The Bertz CT molecular complexity index is 363. The standard InChI is InChI=1S/C14H21NOS/c1-10(2)17-9-14(15)11-4-3-5-13(8-11)16-12-6-7-12/h3-5,8,10,12,14H,6-7,9,15H2,1-2H3. The summed E-state index contributed by atoms with van der Waals surface area (Å²) < 4.78 is 5.78. The molecule has 17 heavy (non-hydrogen) atoms. The normalized spacial score (nSPS) is 17.2. The van der Waals surface area contributed by atoms with Crippen LogP contribution >= 0.6 is 11.8 Å². The summed E-state index contributed by atoms with van der Waals surface area (Å²) in [4.78, 5) is 0. The number of hydrogen-bond donors (Lipinski definition) is 1. The van der Waals surface area contributed by atoms with Gasteiger partial charge in [0.2, 0.25) is 0 Å². The Hall–Kier alpha value is -0.670. The fourth-order valence-electron chi connectivity index (χ4n) is 1.59. The molecule has 1 aromatic rings. The van der Waals surface area contributed by atoms with E-state index in [1.165, 1.54) is 18.4 Å². The molecule has 1 aromatic carbocycles. The molecule has 0 aliphatic heterocycles. The van der Waals surface area contributed by atoms with Gasteiger partial charge in [-0.3, -0.25) is 0 Å². The van der Waals surface area contributed by atoms with Gasteiger partial charge < -0.3 is 10.5 Å². The first kappa shape index (κ1) is 12.8. The van der Waals surface area contributed by atoms with E-state index in [2.05, 4.69) is 26.0 Å². The molecule has 0 aromatic heterocycles. The summed E-state index contributed by atoms with van der Waals surface area (Å²) in [7, 11) is 0. The topological polar surface area (TPSA) is 35.2 Å². The van der Waals surface area contributed by atoms with Crippen molar-refractivity contribution in [1.82, 2.24) is 0 Å². The van der Waals surface area contributed by atoms with E-state index in [1.54, 1.807) is 0 Å². The summed E-state index contributed by atoms with van der Waals surface area (Å²) in [6.07, 6.45) is 2.84. The van der Waals surface area contributed by atoms with Gasteiger partial charge >= 0.3 is 0 Å². The van der Waals surface area contributed by atoms with Gasteiger partial charge in [0.25, 0.3) is 0 Å². The number of rotatable bonds is 6. The highest BCUT2D eigenvalue weighted by Crippen LogP contribution is 2.28. The highest BCUT2D eigenvalue weighted by molar-refractivity contribution is 7.99. The lowest BCUT2D eigenvalue weighted by Gasteiger charge is -2.14. The highest BCUT2D eigenvalue weighted by atomic mass is 32.2. The molecule has 2 rings (SSSR count). The van der Waals surface area contributed by atoms with Gasteiger partial charge in [-0.05, 0) is 35.8 Å². The van der Waals surface area contributed by atoms with Crippen LogP contribution in [0.4, 0.5) is 0 Å². The van der Waals surface area contributed by atoms with E-state index in [1.807, 2.05) is 23.9 Å². The van der Waals surface area contributed by atoms with E-state index in [0.29, 0.717) is 11.4 Å². The van der Waals surface area contributed by atoms with Crippen molar-refractivity contribution in [2.45, 2.75) is 44.1 Å². The monoisotopic (exact) mass is 251 g/mol. The van der Waals surface area contributed by atoms with Gasteiger partial charge in [0.15, 0.2) is 0 Å². The zero-order valence-corrected chi connectivity index (χ0v) is 11.4. The SMILES string of the molecule is CC(C)SCC(N)c1cccc(OC2CC2)c1. The third-order valence-electron chi connectivity index (χ3n) is 2.72. The van der Waals surface area contributed by atoms with Crippen LogP contribution in [0.3, 0.4) is 0 Å². The van der Waals surface area contributed by atoms with Gasteiger partial charge in [-0.2, -0.15) is 11.8 Å².